The first-order valence-electron chi connectivity index (χ1n) is 8.09. The molecule has 0 saturated heterocycles. The zero-order valence-corrected chi connectivity index (χ0v) is 14.6. The number of nitrogens with zero attached hydrogens (tertiary/aromatic N) is 2. The van der Waals surface area contributed by atoms with Gasteiger partial charge in [-0.05, 0) is 36.4 Å². The minimum absolute atomic E-state index is 0.0713. The molecule has 0 spiro atoms. The molecule has 3 heterocycles. The SMILES string of the molecule is O=C1NCCc2[nH]c(-c3ccnc(-c4ccc(OC(F)(F)Cl)cc4)n3)cc21. The fourth-order valence-corrected chi connectivity index (χ4v) is 2.97. The molecule has 2 N–H and O–H groups in total. The second-order valence-electron chi connectivity index (χ2n) is 5.92. The quantitative estimate of drug-likeness (QED) is 0.667. The first-order valence-corrected chi connectivity index (χ1v) is 8.46. The van der Waals surface area contributed by atoms with Gasteiger partial charge in [0.05, 0.1) is 17.0 Å². The Morgan fingerprint density at radius 1 is 1.19 bits per heavy atom. The lowest BCUT2D eigenvalue weighted by molar-refractivity contribution is -0.0964. The normalized spacial score (nSPS) is 13.8. The molecule has 0 fully saturated rings. The number of ether oxygens (including phenoxy) is 1. The summed E-state index contributed by atoms with van der Waals surface area (Å²) in [6, 6.07) is 9.33. The van der Waals surface area contributed by atoms with Gasteiger partial charge in [-0.1, -0.05) is 0 Å². The van der Waals surface area contributed by atoms with Gasteiger partial charge in [0.15, 0.2) is 5.82 Å². The van der Waals surface area contributed by atoms with Crippen molar-refractivity contribution in [2.75, 3.05) is 6.54 Å². The van der Waals surface area contributed by atoms with E-state index in [4.69, 9.17) is 11.6 Å². The molecular weight excluding hydrogens is 378 g/mol. The van der Waals surface area contributed by atoms with Crippen molar-refractivity contribution >= 4 is 17.5 Å². The molecule has 1 amide bonds. The third-order valence-corrected chi connectivity index (χ3v) is 4.16. The predicted molar refractivity (Wildman–Crippen MR) is 94.7 cm³/mol. The Kier molecular flexibility index (Phi) is 4.27. The Balaban J connectivity index is 1.62. The number of hydrogen-bond donors (Lipinski definition) is 2. The standard InChI is InChI=1S/C18H13ClF2N4O2/c19-18(20,21)27-11-3-1-10(2-4-11)16-22-7-6-14(25-16)15-9-12-13(24-15)5-8-23-17(12)26/h1-4,6-7,9,24H,5,8H2,(H,23,26). The molecule has 1 aliphatic heterocycles. The van der Waals surface area contributed by atoms with Crippen LogP contribution < -0.4 is 10.1 Å². The summed E-state index contributed by atoms with van der Waals surface area (Å²) >= 11 is 4.75. The van der Waals surface area contributed by atoms with E-state index in [0.717, 1.165) is 12.1 Å². The summed E-state index contributed by atoms with van der Waals surface area (Å²) in [7, 11) is 0. The van der Waals surface area contributed by atoms with Crippen molar-refractivity contribution in [3.8, 4) is 28.5 Å². The van der Waals surface area contributed by atoms with Crippen molar-refractivity contribution in [1.82, 2.24) is 20.3 Å². The van der Waals surface area contributed by atoms with Crippen LogP contribution in [-0.4, -0.2) is 33.0 Å². The van der Waals surface area contributed by atoms with Crippen LogP contribution in [0.3, 0.4) is 0 Å². The van der Waals surface area contributed by atoms with Crippen LogP contribution in [0.1, 0.15) is 16.1 Å². The van der Waals surface area contributed by atoms with Gasteiger partial charge < -0.3 is 15.0 Å². The van der Waals surface area contributed by atoms with Gasteiger partial charge in [0, 0.05) is 42.0 Å². The van der Waals surface area contributed by atoms with Crippen molar-refractivity contribution in [2.45, 2.75) is 12.0 Å². The van der Waals surface area contributed by atoms with Gasteiger partial charge in [-0.3, -0.25) is 4.79 Å². The molecule has 0 bridgehead atoms. The number of nitrogens with one attached hydrogen (secondary N) is 2. The number of alkyl halides is 3. The molecule has 1 aromatic carbocycles. The predicted octanol–water partition coefficient (Wildman–Crippen LogP) is 3.59. The highest BCUT2D eigenvalue weighted by Gasteiger charge is 2.27. The van der Waals surface area contributed by atoms with Gasteiger partial charge in [-0.2, -0.15) is 0 Å². The molecule has 0 radical (unpaired) electrons. The Morgan fingerprint density at radius 2 is 1.96 bits per heavy atom. The number of aromatic amines is 1. The first kappa shape index (κ1) is 17.4. The number of aromatic nitrogens is 3. The second kappa shape index (κ2) is 6.62. The molecule has 0 aliphatic carbocycles. The number of rotatable bonds is 4. The zero-order chi connectivity index (χ0) is 19.0. The van der Waals surface area contributed by atoms with Gasteiger partial charge >= 0.3 is 5.57 Å². The van der Waals surface area contributed by atoms with Crippen LogP contribution in [0.15, 0.2) is 42.6 Å². The summed E-state index contributed by atoms with van der Waals surface area (Å²) < 4.78 is 29.7. The van der Waals surface area contributed by atoms with Crippen LogP contribution >= 0.6 is 11.6 Å². The van der Waals surface area contributed by atoms with Crippen LogP contribution in [0.5, 0.6) is 5.75 Å². The molecule has 27 heavy (non-hydrogen) atoms. The minimum atomic E-state index is -3.77. The minimum Gasteiger partial charge on any atom is -0.420 e. The Bertz CT molecular complexity index is 999. The van der Waals surface area contributed by atoms with Crippen LogP contribution in [0, 0.1) is 0 Å². The van der Waals surface area contributed by atoms with Crippen molar-refractivity contribution in [3.05, 3.63) is 53.9 Å². The maximum Gasteiger partial charge on any atom is 0.487 e. The highest BCUT2D eigenvalue weighted by Crippen LogP contribution is 2.28. The van der Waals surface area contributed by atoms with E-state index in [1.807, 2.05) is 0 Å². The Labute approximate surface area is 157 Å². The van der Waals surface area contributed by atoms with Gasteiger partial charge in [0.2, 0.25) is 0 Å². The number of amides is 1. The lowest BCUT2D eigenvalue weighted by Gasteiger charge is -2.11. The number of fused-ring (bicyclic) bond motifs is 1. The topological polar surface area (TPSA) is 79.9 Å². The summed E-state index contributed by atoms with van der Waals surface area (Å²) in [4.78, 5) is 23.8. The molecule has 138 valence electrons. The number of halogens is 3. The van der Waals surface area contributed by atoms with Gasteiger partial charge in [-0.15, -0.1) is 8.78 Å². The monoisotopic (exact) mass is 390 g/mol. The third-order valence-electron chi connectivity index (χ3n) is 4.08. The lowest BCUT2D eigenvalue weighted by Crippen LogP contribution is -2.31. The molecule has 6 nitrogen and oxygen atoms in total. The number of hydrogen-bond acceptors (Lipinski definition) is 4. The van der Waals surface area contributed by atoms with E-state index in [1.165, 1.54) is 12.1 Å². The average Bonchev–Trinajstić information content (AvgIpc) is 3.07. The lowest BCUT2D eigenvalue weighted by atomic mass is 10.1. The molecule has 0 saturated carbocycles. The number of carbonyl (C=O) groups is 1. The highest BCUT2D eigenvalue weighted by atomic mass is 35.5. The van der Waals surface area contributed by atoms with Crippen LogP contribution in [0.2, 0.25) is 0 Å². The number of benzene rings is 1. The first-order chi connectivity index (χ1) is 12.9. The second-order valence-corrected chi connectivity index (χ2v) is 6.36. The van der Waals surface area contributed by atoms with Gasteiger partial charge in [0.25, 0.3) is 5.91 Å². The third kappa shape index (κ3) is 3.75. The highest BCUT2D eigenvalue weighted by molar-refractivity contribution is 6.20. The van der Waals surface area contributed by atoms with E-state index in [0.29, 0.717) is 34.9 Å². The molecule has 9 heteroatoms. The van der Waals surface area contributed by atoms with Gasteiger partial charge in [-0.25, -0.2) is 9.97 Å². The summed E-state index contributed by atoms with van der Waals surface area (Å²) in [5, 5.41) is 2.80. The fourth-order valence-electron chi connectivity index (χ4n) is 2.88. The molecule has 3 aromatic rings. The maximum absolute atomic E-state index is 12.7. The smallest absolute Gasteiger partial charge is 0.420 e. The van der Waals surface area contributed by atoms with E-state index in [2.05, 4.69) is 25.0 Å². The molecule has 4 rings (SSSR count). The van der Waals surface area contributed by atoms with E-state index in [-0.39, 0.29) is 11.7 Å². The van der Waals surface area contributed by atoms with E-state index in [1.54, 1.807) is 30.5 Å². The Hall–Kier alpha value is -3.00. The zero-order valence-electron chi connectivity index (χ0n) is 13.8. The summed E-state index contributed by atoms with van der Waals surface area (Å²) in [5.74, 6) is 0.228. The molecular formula is C18H13ClF2N4O2. The van der Waals surface area contributed by atoms with Gasteiger partial charge in [0.1, 0.15) is 5.75 Å². The molecule has 0 atom stereocenters. The number of H-pyrrole nitrogens is 1. The molecule has 1 aliphatic rings. The summed E-state index contributed by atoms with van der Waals surface area (Å²) in [6.45, 7) is 0.594. The fraction of sp³-hybridized carbons (Fsp3) is 0.167. The van der Waals surface area contributed by atoms with Crippen LogP contribution in [0.25, 0.3) is 22.8 Å². The van der Waals surface area contributed by atoms with Crippen LogP contribution in [0.4, 0.5) is 8.78 Å². The average molecular weight is 391 g/mol. The van der Waals surface area contributed by atoms with E-state index in [9.17, 15) is 13.6 Å². The molecule has 0 unspecified atom stereocenters. The maximum atomic E-state index is 12.7. The molecule has 2 aromatic heterocycles. The largest absolute Gasteiger partial charge is 0.487 e. The summed E-state index contributed by atoms with van der Waals surface area (Å²) in [5.41, 5.74) is -0.331. The van der Waals surface area contributed by atoms with Crippen molar-refractivity contribution < 1.29 is 18.3 Å². The van der Waals surface area contributed by atoms with Crippen LogP contribution in [-0.2, 0) is 6.42 Å². The van der Waals surface area contributed by atoms with E-state index >= 15 is 0 Å². The number of carbonyl (C=O) groups excluding carboxylic acids is 1. The summed E-state index contributed by atoms with van der Waals surface area (Å²) in [6.07, 6.45) is 2.32. The van der Waals surface area contributed by atoms with Crippen molar-refractivity contribution in [2.24, 2.45) is 0 Å². The van der Waals surface area contributed by atoms with Crippen molar-refractivity contribution in [1.29, 1.82) is 0 Å². The Morgan fingerprint density at radius 3 is 2.67 bits per heavy atom. The van der Waals surface area contributed by atoms with E-state index < -0.39 is 5.57 Å². The van der Waals surface area contributed by atoms with Crippen molar-refractivity contribution in [3.63, 3.8) is 0 Å².